The van der Waals surface area contributed by atoms with Crippen LogP contribution in [-0.2, 0) is 76.0 Å². The minimum atomic E-state index is -2.05. The van der Waals surface area contributed by atoms with Gasteiger partial charge in [0.25, 0.3) is 11.8 Å². The molecule has 6 aliphatic heterocycles. The van der Waals surface area contributed by atoms with E-state index in [0.717, 1.165) is 13.8 Å². The lowest BCUT2D eigenvalue weighted by atomic mass is 9.95. The first-order chi connectivity index (χ1) is 53.0. The van der Waals surface area contributed by atoms with Gasteiger partial charge >= 0.3 is 5.97 Å². The smallest absolute Gasteiger partial charge is 0.335 e. The van der Waals surface area contributed by atoms with E-state index >= 15 is 0 Å². The first-order valence-corrected chi connectivity index (χ1v) is 35.6. The Morgan fingerprint density at radius 1 is 0.369 bits per heavy atom. The molecule has 9 rings (SSSR count). The maximum Gasteiger partial charge on any atom is 0.335 e. The molecule has 0 saturated carbocycles. The summed E-state index contributed by atoms with van der Waals surface area (Å²) in [5, 5.41) is 211. The summed E-state index contributed by atoms with van der Waals surface area (Å²) in [6, 6.07) is 14.9. The van der Waals surface area contributed by atoms with E-state index in [1.54, 1.807) is 48.5 Å². The topological polar surface area (TPSA) is 647 Å². The summed E-state index contributed by atoms with van der Waals surface area (Å²) in [6.45, 7) is -4.70. The van der Waals surface area contributed by atoms with Crippen LogP contribution in [0.15, 0.2) is 66.7 Å². The maximum atomic E-state index is 13.4. The average Bonchev–Trinajstić information content (AvgIpc) is 0.782. The Bertz CT molecular complexity index is 3310. The standard InChI is InChI=1S/C69H98N4O38/c1-28(80)72-45-51(88)59(108-68-57(94)61(49(86)39(22-76)104-68)110-66-55(92)53(90)47(84)37(20-74)102-66)41(24-78)106-64(45)98-13-5-11-70-43(82)26-100-35-17-34(32-9-3-7-30(15-32)31-8-4-10-33(16-31)63(96)97)18-36(19-35)101-27-44(83)71-12-6-14-99-65-46(73-29(2)81)52(89)60(42(25-79)107-65)109-69-58(95)62(50(87)40(23-77)105-69)111-67-56(93)54(91)48(85)38(21-75)103-67/h3-4,7-10,15-19,37-42,45-62,64-69,74-79,84-95H,5-6,11-14,20-27H2,1-2H3,(H,70,82)(H,71,83)(H,72,80)(H,73,81)(H,96,97)/t37?,38?,39?,40?,41?,42?,45?,46?,47-,48-,49-,50-,51?,52?,53?,54?,55-,56?,57?,58?,59+,60+,61?,62?,64+,65+,66+,67+,68-,69-/m0/s1. The van der Waals surface area contributed by atoms with E-state index in [2.05, 4.69) is 21.3 Å². The second-order valence-electron chi connectivity index (χ2n) is 27.0. The Labute approximate surface area is 632 Å². The van der Waals surface area contributed by atoms with Gasteiger partial charge in [-0.25, -0.2) is 4.79 Å². The number of aliphatic hydroxyl groups excluding tert-OH is 18. The number of aliphatic hydroxyl groups is 18. The third-order valence-electron chi connectivity index (χ3n) is 19.1. The van der Waals surface area contributed by atoms with Crippen LogP contribution in [0.25, 0.3) is 22.3 Å². The second kappa shape index (κ2) is 41.1. The molecule has 30 atom stereocenters. The SMILES string of the molecule is CC(=O)NC1C(O)[C@H](O[C@@H]2OC(CO)[C@H](O)C(O[C@H]3OC(CO)[C@H](O)C(O)C3O)C2O)C(CO)O[C@H]1OCCCNC(=O)COc1cc(OCC(=O)NCCCO[C@@H]2OC(CO)[C@@H](O[C@@H]3OC(CO)[C@H](O)C(O[C@H]4OC(CO)[C@H](O)C(O)[C@@H]4O)C3O)C(O)C2NC(C)=O)cc(-c2cccc(-c3cccc(C(=O)O)c3)c2)c1. The molecule has 23 N–H and O–H groups in total. The van der Waals surface area contributed by atoms with Gasteiger partial charge in [-0.3, -0.25) is 19.2 Å². The van der Waals surface area contributed by atoms with Gasteiger partial charge in [-0.05, 0) is 65.4 Å². The van der Waals surface area contributed by atoms with Crippen molar-refractivity contribution in [3.8, 4) is 33.8 Å². The van der Waals surface area contributed by atoms with Crippen molar-refractivity contribution in [2.75, 3.05) is 79.2 Å². The highest BCUT2D eigenvalue weighted by atomic mass is 16.8. The third kappa shape index (κ3) is 22.1. The summed E-state index contributed by atoms with van der Waals surface area (Å²) in [5.41, 5.74) is 2.27. The predicted octanol–water partition coefficient (Wildman–Crippen LogP) is -10.3. The molecule has 42 heteroatoms. The molecule has 3 aromatic carbocycles. The van der Waals surface area contributed by atoms with Crippen LogP contribution in [0.5, 0.6) is 11.5 Å². The second-order valence-corrected chi connectivity index (χ2v) is 27.0. The Morgan fingerprint density at radius 2 is 0.712 bits per heavy atom. The van der Waals surface area contributed by atoms with Crippen molar-refractivity contribution in [3.63, 3.8) is 0 Å². The number of carbonyl (C=O) groups is 5. The van der Waals surface area contributed by atoms with Crippen molar-refractivity contribution in [2.24, 2.45) is 0 Å². The Kier molecular flexibility index (Phi) is 32.7. The third-order valence-corrected chi connectivity index (χ3v) is 19.1. The van der Waals surface area contributed by atoms with Crippen molar-refractivity contribution in [3.05, 3.63) is 72.3 Å². The first kappa shape index (κ1) is 88.4. The van der Waals surface area contributed by atoms with E-state index in [4.69, 9.17) is 66.3 Å². The van der Waals surface area contributed by atoms with Crippen molar-refractivity contribution in [1.29, 1.82) is 0 Å². The molecule has 0 bridgehead atoms. The average molecular weight is 1590 g/mol. The number of carbonyl (C=O) groups excluding carboxylic acids is 4. The van der Waals surface area contributed by atoms with Gasteiger partial charge in [0.15, 0.2) is 51.0 Å². The minimum Gasteiger partial charge on any atom is -0.484 e. The molecule has 0 aliphatic carbocycles. The predicted molar refractivity (Wildman–Crippen MR) is 364 cm³/mol. The number of aromatic carboxylic acids is 1. The molecule has 6 saturated heterocycles. The quantitative estimate of drug-likeness (QED) is 0.0243. The molecular weight excluding hydrogens is 1490 g/mol. The number of benzene rings is 3. The van der Waals surface area contributed by atoms with Crippen molar-refractivity contribution >= 4 is 29.6 Å². The molecule has 0 aromatic heterocycles. The zero-order valence-electron chi connectivity index (χ0n) is 59.8. The van der Waals surface area contributed by atoms with E-state index in [1.165, 1.54) is 18.2 Å². The Morgan fingerprint density at radius 3 is 1.09 bits per heavy atom. The molecule has 0 radical (unpaired) electrons. The van der Waals surface area contributed by atoms with Crippen LogP contribution in [0.4, 0.5) is 0 Å². The maximum absolute atomic E-state index is 13.4. The molecule has 4 amide bonds. The number of rotatable bonds is 35. The summed E-state index contributed by atoms with van der Waals surface area (Å²) in [6.07, 6.45) is -49.3. The first-order valence-electron chi connectivity index (χ1n) is 35.6. The van der Waals surface area contributed by atoms with Gasteiger partial charge in [0.1, 0.15) is 158 Å². The van der Waals surface area contributed by atoms with Crippen LogP contribution in [0.3, 0.4) is 0 Å². The zero-order valence-corrected chi connectivity index (χ0v) is 59.8. The molecule has 6 aliphatic rings. The highest BCUT2D eigenvalue weighted by Crippen LogP contribution is 2.38. The van der Waals surface area contributed by atoms with Gasteiger partial charge in [0, 0.05) is 33.0 Å². The van der Waals surface area contributed by atoms with Gasteiger partial charge in [-0.15, -0.1) is 0 Å². The number of amides is 4. The number of nitrogens with one attached hydrogen (secondary N) is 4. The van der Waals surface area contributed by atoms with E-state index in [9.17, 15) is 121 Å². The summed E-state index contributed by atoms with van der Waals surface area (Å²) >= 11 is 0. The largest absolute Gasteiger partial charge is 0.484 e. The number of carboxylic acid groups (broad SMARTS) is 1. The number of ether oxygens (including phenoxy) is 14. The van der Waals surface area contributed by atoms with E-state index < -0.39 is 267 Å². The van der Waals surface area contributed by atoms with Crippen LogP contribution in [0, 0.1) is 0 Å². The highest BCUT2D eigenvalue weighted by molar-refractivity contribution is 5.89. The van der Waals surface area contributed by atoms with Crippen LogP contribution >= 0.6 is 0 Å². The molecule has 17 unspecified atom stereocenters. The Balaban J connectivity index is 0.780. The van der Waals surface area contributed by atoms with Crippen molar-refractivity contribution in [2.45, 2.75) is 211 Å². The zero-order chi connectivity index (χ0) is 80.7. The van der Waals surface area contributed by atoms with Gasteiger partial charge in [-0.1, -0.05) is 30.3 Å². The monoisotopic (exact) mass is 1590 g/mol. The summed E-state index contributed by atoms with van der Waals surface area (Å²) in [4.78, 5) is 63.6. The molecule has 42 nitrogen and oxygen atoms in total. The molecule has 3 aromatic rings. The van der Waals surface area contributed by atoms with Crippen LogP contribution in [0.2, 0.25) is 0 Å². The fourth-order valence-corrected chi connectivity index (χ4v) is 13.2. The molecule has 6 heterocycles. The van der Waals surface area contributed by atoms with Crippen molar-refractivity contribution in [1.82, 2.24) is 21.3 Å². The number of carboxylic acids is 1. The van der Waals surface area contributed by atoms with E-state index in [1.807, 2.05) is 0 Å². The lowest BCUT2D eigenvalue weighted by Gasteiger charge is -2.48. The van der Waals surface area contributed by atoms with Crippen LogP contribution < -0.4 is 30.7 Å². The number of hydrogen-bond donors (Lipinski definition) is 23. The summed E-state index contributed by atoms with van der Waals surface area (Å²) in [5.74, 6) is -3.61. The van der Waals surface area contributed by atoms with E-state index in [-0.39, 0.29) is 56.2 Å². The van der Waals surface area contributed by atoms with E-state index in [0.29, 0.717) is 22.3 Å². The molecule has 6 fully saturated rings. The fraction of sp³-hybridized carbons (Fsp3) is 0.667. The van der Waals surface area contributed by atoms with Crippen LogP contribution in [-0.4, -0.2) is 390 Å². The number of hydrogen-bond acceptors (Lipinski definition) is 37. The normalized spacial score (nSPS) is 36.5. The molecule has 0 spiro atoms. The molecular formula is C69H98N4O38. The molecule has 111 heavy (non-hydrogen) atoms. The lowest BCUT2D eigenvalue weighted by molar-refractivity contribution is -0.376. The molecule has 622 valence electrons. The van der Waals surface area contributed by atoms with Gasteiger partial charge in [-0.2, -0.15) is 0 Å². The fourth-order valence-electron chi connectivity index (χ4n) is 13.2. The van der Waals surface area contributed by atoms with Gasteiger partial charge < -0.3 is 185 Å². The summed E-state index contributed by atoms with van der Waals surface area (Å²) in [7, 11) is 0. The lowest BCUT2D eigenvalue weighted by Crippen LogP contribution is -2.68. The van der Waals surface area contributed by atoms with Gasteiger partial charge in [0.2, 0.25) is 11.8 Å². The van der Waals surface area contributed by atoms with Crippen LogP contribution in [0.1, 0.15) is 37.0 Å². The highest BCUT2D eigenvalue weighted by Gasteiger charge is 2.57. The van der Waals surface area contributed by atoms with Gasteiger partial charge in [0.05, 0.1) is 58.4 Å². The Hall–Kier alpha value is -6.59. The summed E-state index contributed by atoms with van der Waals surface area (Å²) < 4.78 is 80.7. The van der Waals surface area contributed by atoms with Crippen molar-refractivity contribution < 1.29 is 187 Å². The minimum absolute atomic E-state index is 0.0415.